The van der Waals surface area contributed by atoms with Crippen LogP contribution in [0.2, 0.25) is 0 Å². The number of hydrogen-bond acceptors (Lipinski definition) is 4. The van der Waals surface area contributed by atoms with Crippen LogP contribution in [0.5, 0.6) is 0 Å². The lowest BCUT2D eigenvalue weighted by Gasteiger charge is -2.32. The average Bonchev–Trinajstić information content (AvgIpc) is 2.56. The molecule has 1 N–H and O–H groups in total. The van der Waals surface area contributed by atoms with Gasteiger partial charge in [0.15, 0.2) is 0 Å². The minimum atomic E-state index is -3.06. The molecule has 1 aliphatic rings. The van der Waals surface area contributed by atoms with E-state index in [0.717, 1.165) is 29.3 Å². The second-order valence-corrected chi connectivity index (χ2v) is 7.88. The maximum atomic E-state index is 11.9. The van der Waals surface area contributed by atoms with Gasteiger partial charge in [0.2, 0.25) is 10.0 Å². The van der Waals surface area contributed by atoms with Crippen molar-refractivity contribution in [2.75, 3.05) is 24.2 Å². The van der Waals surface area contributed by atoms with Crippen molar-refractivity contribution in [2.24, 2.45) is 0 Å². The summed E-state index contributed by atoms with van der Waals surface area (Å²) in [5.74, 6) is 0.181. The predicted molar refractivity (Wildman–Crippen MR) is 89.4 cm³/mol. The molecule has 2 aromatic rings. The van der Waals surface area contributed by atoms with E-state index in [2.05, 4.69) is 22.4 Å². The molecule has 1 saturated heterocycles. The molecule has 1 aliphatic heterocycles. The Bertz CT molecular complexity index is 748. The van der Waals surface area contributed by atoms with E-state index >= 15 is 0 Å². The van der Waals surface area contributed by atoms with Gasteiger partial charge in [0, 0.05) is 42.6 Å². The predicted octanol–water partition coefficient (Wildman–Crippen LogP) is 2.46. The van der Waals surface area contributed by atoms with Crippen LogP contribution in [0.1, 0.15) is 19.8 Å². The van der Waals surface area contributed by atoms with Gasteiger partial charge in [0.05, 0.1) is 5.75 Å². The van der Waals surface area contributed by atoms with E-state index in [-0.39, 0.29) is 5.75 Å². The molecule has 0 amide bonds. The highest BCUT2D eigenvalue weighted by molar-refractivity contribution is 7.89. The third-order valence-corrected chi connectivity index (χ3v) is 6.14. The second kappa shape index (κ2) is 6.22. The molecule has 1 aromatic carbocycles. The van der Waals surface area contributed by atoms with Crippen LogP contribution in [0.25, 0.3) is 10.8 Å². The Morgan fingerprint density at radius 1 is 1.27 bits per heavy atom. The summed E-state index contributed by atoms with van der Waals surface area (Å²) in [7, 11) is -3.06. The molecule has 3 rings (SSSR count). The largest absolute Gasteiger partial charge is 0.382 e. The quantitative estimate of drug-likeness (QED) is 0.940. The first-order chi connectivity index (χ1) is 10.6. The van der Waals surface area contributed by atoms with Crippen molar-refractivity contribution in [3.8, 4) is 0 Å². The van der Waals surface area contributed by atoms with Crippen molar-refractivity contribution >= 4 is 26.5 Å². The van der Waals surface area contributed by atoms with E-state index in [0.29, 0.717) is 19.1 Å². The first-order valence-electron chi connectivity index (χ1n) is 7.67. The van der Waals surface area contributed by atoms with E-state index in [1.54, 1.807) is 17.4 Å². The van der Waals surface area contributed by atoms with Crippen LogP contribution >= 0.6 is 0 Å². The highest BCUT2D eigenvalue weighted by atomic mass is 32.2. The van der Waals surface area contributed by atoms with Gasteiger partial charge < -0.3 is 5.32 Å². The summed E-state index contributed by atoms with van der Waals surface area (Å²) in [4.78, 5) is 4.19. The zero-order valence-electron chi connectivity index (χ0n) is 12.7. The van der Waals surface area contributed by atoms with Gasteiger partial charge in [-0.15, -0.1) is 0 Å². The van der Waals surface area contributed by atoms with Gasteiger partial charge in [-0.3, -0.25) is 4.98 Å². The summed E-state index contributed by atoms with van der Waals surface area (Å²) in [6.07, 6.45) is 5.32. The fourth-order valence-corrected chi connectivity index (χ4v) is 4.05. The van der Waals surface area contributed by atoms with Crippen molar-refractivity contribution in [1.29, 1.82) is 0 Å². The lowest BCUT2D eigenvalue weighted by Crippen LogP contribution is -2.42. The number of nitrogens with one attached hydrogen (secondary N) is 1. The van der Waals surface area contributed by atoms with E-state index in [1.807, 2.05) is 18.3 Å². The average molecular weight is 319 g/mol. The Balaban J connectivity index is 1.70. The minimum absolute atomic E-state index is 0.181. The smallest absolute Gasteiger partial charge is 0.213 e. The summed E-state index contributed by atoms with van der Waals surface area (Å²) < 4.78 is 25.4. The van der Waals surface area contributed by atoms with Crippen molar-refractivity contribution < 1.29 is 8.42 Å². The molecule has 0 bridgehead atoms. The third-order valence-electron chi connectivity index (χ3n) is 4.26. The Labute approximate surface area is 131 Å². The van der Waals surface area contributed by atoms with Crippen LogP contribution in [0.4, 0.5) is 5.69 Å². The molecule has 22 heavy (non-hydrogen) atoms. The first kappa shape index (κ1) is 15.2. The van der Waals surface area contributed by atoms with Crippen molar-refractivity contribution in [1.82, 2.24) is 9.29 Å². The second-order valence-electron chi connectivity index (χ2n) is 5.62. The highest BCUT2D eigenvalue weighted by Gasteiger charge is 2.26. The van der Waals surface area contributed by atoms with Crippen LogP contribution < -0.4 is 5.32 Å². The number of anilines is 1. The summed E-state index contributed by atoms with van der Waals surface area (Å²) in [6.45, 7) is 2.89. The summed E-state index contributed by atoms with van der Waals surface area (Å²) in [5, 5.41) is 5.82. The van der Waals surface area contributed by atoms with E-state index in [1.165, 1.54) is 0 Å². The number of aromatic nitrogens is 1. The lowest BCUT2D eigenvalue weighted by atomic mass is 10.0. The SMILES string of the molecule is CCS(=O)(=O)N1CCC(Nc2cccc3ccncc23)CC1. The fourth-order valence-electron chi connectivity index (χ4n) is 2.92. The number of nitrogens with zero attached hydrogens (tertiary/aromatic N) is 2. The summed E-state index contributed by atoms with van der Waals surface area (Å²) in [5.41, 5.74) is 1.07. The molecule has 0 aliphatic carbocycles. The number of rotatable bonds is 4. The van der Waals surface area contributed by atoms with E-state index < -0.39 is 10.0 Å². The van der Waals surface area contributed by atoms with Gasteiger partial charge in [0.1, 0.15) is 0 Å². The van der Waals surface area contributed by atoms with Crippen LogP contribution in [-0.4, -0.2) is 42.6 Å². The maximum absolute atomic E-state index is 11.9. The maximum Gasteiger partial charge on any atom is 0.213 e. The van der Waals surface area contributed by atoms with Crippen molar-refractivity contribution in [3.05, 3.63) is 36.7 Å². The number of piperidine rings is 1. The standard InChI is InChI=1S/C16H21N3O2S/c1-2-22(20,21)19-10-7-14(8-11-19)18-16-5-3-4-13-6-9-17-12-15(13)16/h3-6,9,12,14,18H,2,7-8,10-11H2,1H3. The molecule has 0 atom stereocenters. The molecule has 6 heteroatoms. The normalized spacial score (nSPS) is 17.7. The summed E-state index contributed by atoms with van der Waals surface area (Å²) in [6, 6.07) is 8.45. The van der Waals surface area contributed by atoms with Crippen LogP contribution in [0, 0.1) is 0 Å². The third kappa shape index (κ3) is 3.08. The van der Waals surface area contributed by atoms with Crippen LogP contribution in [0.15, 0.2) is 36.7 Å². The van der Waals surface area contributed by atoms with Crippen LogP contribution in [0.3, 0.4) is 0 Å². The van der Waals surface area contributed by atoms with Crippen molar-refractivity contribution in [3.63, 3.8) is 0 Å². The number of sulfonamides is 1. The number of hydrogen-bond donors (Lipinski definition) is 1. The number of fused-ring (bicyclic) bond motifs is 1. The summed E-state index contributed by atoms with van der Waals surface area (Å²) >= 11 is 0. The van der Waals surface area contributed by atoms with Gasteiger partial charge in [-0.05, 0) is 37.3 Å². The molecule has 1 aromatic heterocycles. The Morgan fingerprint density at radius 3 is 2.77 bits per heavy atom. The fraction of sp³-hybridized carbons (Fsp3) is 0.438. The highest BCUT2D eigenvalue weighted by Crippen LogP contribution is 2.25. The molecule has 1 fully saturated rings. The molecule has 0 unspecified atom stereocenters. The number of pyridine rings is 1. The van der Waals surface area contributed by atoms with Gasteiger partial charge in [-0.25, -0.2) is 12.7 Å². The Morgan fingerprint density at radius 2 is 2.05 bits per heavy atom. The topological polar surface area (TPSA) is 62.3 Å². The molecular formula is C16H21N3O2S. The van der Waals surface area contributed by atoms with Crippen molar-refractivity contribution in [2.45, 2.75) is 25.8 Å². The van der Waals surface area contributed by atoms with Crippen LogP contribution in [-0.2, 0) is 10.0 Å². The Hall–Kier alpha value is -1.66. The molecule has 0 radical (unpaired) electrons. The zero-order valence-corrected chi connectivity index (χ0v) is 13.5. The zero-order chi connectivity index (χ0) is 15.6. The molecule has 118 valence electrons. The molecule has 0 spiro atoms. The van der Waals surface area contributed by atoms with E-state index in [4.69, 9.17) is 0 Å². The number of benzene rings is 1. The molecule has 0 saturated carbocycles. The monoisotopic (exact) mass is 319 g/mol. The molecular weight excluding hydrogens is 298 g/mol. The van der Waals surface area contributed by atoms with Gasteiger partial charge in [0.25, 0.3) is 0 Å². The van der Waals surface area contributed by atoms with Gasteiger partial charge in [-0.1, -0.05) is 12.1 Å². The lowest BCUT2D eigenvalue weighted by molar-refractivity contribution is 0.330. The molecule has 5 nitrogen and oxygen atoms in total. The van der Waals surface area contributed by atoms with Gasteiger partial charge >= 0.3 is 0 Å². The minimum Gasteiger partial charge on any atom is -0.382 e. The van der Waals surface area contributed by atoms with Gasteiger partial charge in [-0.2, -0.15) is 0 Å². The molecule has 2 heterocycles. The first-order valence-corrected chi connectivity index (χ1v) is 9.28. The Kier molecular flexibility index (Phi) is 4.31. The van der Waals surface area contributed by atoms with E-state index in [9.17, 15) is 8.42 Å².